The molecule has 0 bridgehead atoms. The first kappa shape index (κ1) is 33.1. The van der Waals surface area contributed by atoms with Gasteiger partial charge in [0.05, 0.1) is 5.41 Å². The number of hydrogen-bond acceptors (Lipinski definition) is 0. The van der Waals surface area contributed by atoms with Crippen molar-refractivity contribution in [2.45, 2.75) is 5.41 Å². The number of rotatable bonds is 6. The van der Waals surface area contributed by atoms with Crippen LogP contribution in [-0.2, 0) is 5.41 Å². The van der Waals surface area contributed by atoms with Crippen LogP contribution in [0.25, 0.3) is 77.2 Å². The van der Waals surface area contributed by atoms with Crippen LogP contribution in [0, 0.1) is 0 Å². The Balaban J connectivity index is 1.24. The Morgan fingerprint density at radius 2 is 0.737 bits per heavy atom. The fraction of sp³-hybridized carbons (Fsp3) is 0.0175. The van der Waals surface area contributed by atoms with Crippen LogP contribution in [0.4, 0.5) is 0 Å². The van der Waals surface area contributed by atoms with Gasteiger partial charge in [0.1, 0.15) is 0 Å². The highest BCUT2D eigenvalue weighted by molar-refractivity contribution is 6.13. The van der Waals surface area contributed by atoms with E-state index >= 15 is 0 Å². The third-order valence-electron chi connectivity index (χ3n) is 12.1. The van der Waals surface area contributed by atoms with E-state index in [-0.39, 0.29) is 0 Å². The lowest BCUT2D eigenvalue weighted by molar-refractivity contribution is 0.769. The molecule has 1 aliphatic rings. The molecule has 0 radical (unpaired) electrons. The van der Waals surface area contributed by atoms with E-state index in [9.17, 15) is 0 Å². The molecule has 0 unspecified atom stereocenters. The molecule has 0 spiro atoms. The molecule has 1 aliphatic carbocycles. The summed E-state index contributed by atoms with van der Waals surface area (Å²) in [5.74, 6) is 0. The van der Waals surface area contributed by atoms with Crippen molar-refractivity contribution in [2.75, 3.05) is 0 Å². The van der Waals surface area contributed by atoms with Crippen molar-refractivity contribution in [3.8, 4) is 55.6 Å². The highest BCUT2D eigenvalue weighted by Crippen LogP contribution is 2.59. The zero-order chi connectivity index (χ0) is 37.8. The van der Waals surface area contributed by atoms with Crippen molar-refractivity contribution in [1.29, 1.82) is 0 Å². The van der Waals surface area contributed by atoms with Gasteiger partial charge < -0.3 is 0 Å². The molecule has 10 aromatic rings. The van der Waals surface area contributed by atoms with Gasteiger partial charge in [-0.15, -0.1) is 0 Å². The number of fused-ring (bicyclic) bond motifs is 6. The van der Waals surface area contributed by atoms with Crippen LogP contribution in [0.3, 0.4) is 0 Å². The number of hydrogen-bond donors (Lipinski definition) is 0. The van der Waals surface area contributed by atoms with E-state index in [1.165, 1.54) is 99.4 Å². The molecule has 0 atom stereocenters. The van der Waals surface area contributed by atoms with Gasteiger partial charge in [0.15, 0.2) is 0 Å². The van der Waals surface area contributed by atoms with Crippen LogP contribution in [0.2, 0.25) is 0 Å². The van der Waals surface area contributed by atoms with E-state index in [2.05, 4.69) is 231 Å². The zero-order valence-corrected chi connectivity index (χ0v) is 31.4. The topological polar surface area (TPSA) is 0 Å². The minimum Gasteiger partial charge on any atom is -0.0622 e. The molecule has 266 valence electrons. The maximum Gasteiger partial charge on any atom is 0.0714 e. The highest BCUT2D eigenvalue weighted by atomic mass is 14.5. The summed E-state index contributed by atoms with van der Waals surface area (Å²) in [7, 11) is 0. The predicted octanol–water partition coefficient (Wildman–Crippen LogP) is 15.0. The van der Waals surface area contributed by atoms with Gasteiger partial charge in [0.25, 0.3) is 0 Å². The van der Waals surface area contributed by atoms with Crippen LogP contribution in [-0.4, -0.2) is 0 Å². The maximum absolute atomic E-state index is 2.53. The Kier molecular flexibility index (Phi) is 7.83. The van der Waals surface area contributed by atoms with Crippen LogP contribution in [0.1, 0.15) is 22.3 Å². The summed E-state index contributed by atoms with van der Waals surface area (Å²) >= 11 is 0. The largest absolute Gasteiger partial charge is 0.0714 e. The van der Waals surface area contributed by atoms with Gasteiger partial charge in [0, 0.05) is 0 Å². The SMILES string of the molecule is c1ccc(-c2cc(-c3ccccc3)cc(-c3ccc4c(c3)C(c3ccccc3)(c3ccccc3)c3cc(-c5cccc6ccccc56)c5ccccc5c3-4)c2)cc1. The van der Waals surface area contributed by atoms with Crippen molar-refractivity contribution >= 4 is 21.5 Å². The van der Waals surface area contributed by atoms with Crippen molar-refractivity contribution in [2.24, 2.45) is 0 Å². The van der Waals surface area contributed by atoms with Crippen molar-refractivity contribution in [1.82, 2.24) is 0 Å². The molecule has 0 N–H and O–H groups in total. The van der Waals surface area contributed by atoms with Crippen LogP contribution in [0.15, 0.2) is 231 Å². The van der Waals surface area contributed by atoms with Gasteiger partial charge in [-0.2, -0.15) is 0 Å². The smallest absolute Gasteiger partial charge is 0.0622 e. The molecule has 0 nitrogen and oxygen atoms in total. The lowest BCUT2D eigenvalue weighted by atomic mass is 9.67. The first-order valence-electron chi connectivity index (χ1n) is 19.8. The van der Waals surface area contributed by atoms with Gasteiger partial charge in [-0.25, -0.2) is 0 Å². The van der Waals surface area contributed by atoms with Gasteiger partial charge >= 0.3 is 0 Å². The van der Waals surface area contributed by atoms with E-state index in [0.717, 1.165) is 0 Å². The summed E-state index contributed by atoms with van der Waals surface area (Å²) < 4.78 is 0. The zero-order valence-electron chi connectivity index (χ0n) is 31.4. The monoisotopic (exact) mass is 722 g/mol. The first-order valence-corrected chi connectivity index (χ1v) is 19.8. The fourth-order valence-corrected chi connectivity index (χ4v) is 9.60. The lowest BCUT2D eigenvalue weighted by Gasteiger charge is -2.34. The van der Waals surface area contributed by atoms with Gasteiger partial charge in [0.2, 0.25) is 0 Å². The molecule has 11 rings (SSSR count). The van der Waals surface area contributed by atoms with E-state index in [1.807, 2.05) is 0 Å². The molecular formula is C57H38. The molecule has 0 heterocycles. The first-order chi connectivity index (χ1) is 28.3. The van der Waals surface area contributed by atoms with E-state index in [0.29, 0.717) is 0 Å². The van der Waals surface area contributed by atoms with Crippen LogP contribution in [0.5, 0.6) is 0 Å². The van der Waals surface area contributed by atoms with Gasteiger partial charge in [-0.05, 0) is 130 Å². The third-order valence-corrected chi connectivity index (χ3v) is 12.1. The highest BCUT2D eigenvalue weighted by Gasteiger charge is 2.47. The van der Waals surface area contributed by atoms with Crippen LogP contribution < -0.4 is 0 Å². The Morgan fingerprint density at radius 1 is 0.246 bits per heavy atom. The standard InChI is InChI=1S/C57H38/c1-5-18-39(19-6-1)43-34-44(40-20-7-2-8-21-40)36-45(35-43)42-32-33-52-54(37-42)57(46-24-9-3-10-25-46,47-26-11-4-12-27-47)55-38-53(50-29-15-16-30-51(50)56(52)55)49-31-17-23-41-22-13-14-28-48(41)49/h1-38H. The molecule has 0 aromatic heterocycles. The van der Waals surface area contributed by atoms with Crippen molar-refractivity contribution in [3.63, 3.8) is 0 Å². The lowest BCUT2D eigenvalue weighted by Crippen LogP contribution is -2.28. The Morgan fingerprint density at radius 3 is 1.35 bits per heavy atom. The van der Waals surface area contributed by atoms with Crippen LogP contribution >= 0.6 is 0 Å². The average Bonchev–Trinajstić information content (AvgIpc) is 3.60. The van der Waals surface area contributed by atoms with E-state index in [1.54, 1.807) is 0 Å². The quantitative estimate of drug-likeness (QED) is 0.160. The minimum atomic E-state index is -0.578. The molecule has 0 aliphatic heterocycles. The molecule has 57 heavy (non-hydrogen) atoms. The number of benzene rings is 10. The molecule has 0 amide bonds. The molecule has 0 heteroatoms. The second kappa shape index (κ2) is 13.5. The molecule has 10 aromatic carbocycles. The summed E-state index contributed by atoms with van der Waals surface area (Å²) in [6.07, 6.45) is 0. The summed E-state index contributed by atoms with van der Waals surface area (Å²) in [6, 6.07) is 85.3. The summed E-state index contributed by atoms with van der Waals surface area (Å²) in [5.41, 5.74) is 16.9. The Hall–Kier alpha value is -7.28. The van der Waals surface area contributed by atoms with E-state index in [4.69, 9.17) is 0 Å². The molecule has 0 saturated carbocycles. The second-order valence-electron chi connectivity index (χ2n) is 15.2. The summed E-state index contributed by atoms with van der Waals surface area (Å²) in [6.45, 7) is 0. The van der Waals surface area contributed by atoms with Crippen molar-refractivity contribution in [3.05, 3.63) is 253 Å². The predicted molar refractivity (Wildman–Crippen MR) is 241 cm³/mol. The van der Waals surface area contributed by atoms with Crippen molar-refractivity contribution < 1.29 is 0 Å². The third kappa shape index (κ3) is 5.29. The normalized spacial score (nSPS) is 12.7. The summed E-state index contributed by atoms with van der Waals surface area (Å²) in [4.78, 5) is 0. The molecular weight excluding hydrogens is 685 g/mol. The Bertz CT molecular complexity index is 2980. The molecule has 0 fully saturated rings. The second-order valence-corrected chi connectivity index (χ2v) is 15.2. The molecule has 0 saturated heterocycles. The minimum absolute atomic E-state index is 0.578. The van der Waals surface area contributed by atoms with E-state index < -0.39 is 5.41 Å². The Labute approximate surface area is 334 Å². The maximum atomic E-state index is 2.53. The van der Waals surface area contributed by atoms with Gasteiger partial charge in [-0.3, -0.25) is 0 Å². The van der Waals surface area contributed by atoms with Gasteiger partial charge in [-0.1, -0.05) is 200 Å². The fourth-order valence-electron chi connectivity index (χ4n) is 9.60. The average molecular weight is 723 g/mol. The summed E-state index contributed by atoms with van der Waals surface area (Å²) in [5, 5.41) is 5.05.